The monoisotopic (exact) mass is 1420 g/mol. The standard InChI is InChI=1S/C25H28N4O2.C24H33N3O5.C17H24N2O3.C14H19N3O2/c30-24-23(13-12-20-8-3-1-4-9-20)29(16-7-15-28-17-14-26-19-28)25(31)22(27-24)18-21-10-5-2-6-11-21;1-32-22(29)13-6-5-11-20-23(30)25-19(17-18-9-3-2-4-10-18)24(31)27(20)16-8-15-26-14-7-12-21(26)28;1-17(2,3)9-14-16(21)18-10-15(20)19(14)11-12-6-5-7-13(8-12)22-4;1-9(2)8-17-12(11-6-4-5-7-15-11)13(18)16-10(3)14(17)19/h1-6,8-11,14,17,19,22-23H,7,12-13,15-16,18H2,(H,27,30);2-4,9-10,19-20H,5-8,11-17H2,1H3,(H,25,30);5-8,14H,9-11H2,1-4H3,(H,18,21);4-7,9-10,12H,8H2,1-3H3,(H,16,18). The Morgan fingerprint density at radius 1 is 0.587 bits per heavy atom. The highest BCUT2D eigenvalue weighted by Crippen LogP contribution is 2.29. The van der Waals surface area contributed by atoms with E-state index in [9.17, 15) is 47.9 Å². The first-order chi connectivity index (χ1) is 50.0. The van der Waals surface area contributed by atoms with Gasteiger partial charge in [-0.1, -0.05) is 150 Å². The average molecular weight is 1430 g/mol. The van der Waals surface area contributed by atoms with E-state index in [1.54, 1.807) is 64.5 Å². The Kier molecular flexibility index (Phi) is 30.1. The van der Waals surface area contributed by atoms with Gasteiger partial charge in [0.25, 0.3) is 0 Å². The van der Waals surface area contributed by atoms with Crippen LogP contribution in [0, 0.1) is 11.3 Å². The molecule has 0 radical (unpaired) electrons. The van der Waals surface area contributed by atoms with Crippen LogP contribution in [0.3, 0.4) is 0 Å². The number of carbonyl (C=O) groups excluding carboxylic acids is 10. The summed E-state index contributed by atoms with van der Waals surface area (Å²) in [6, 6.07) is 39.0. The summed E-state index contributed by atoms with van der Waals surface area (Å²) in [5.41, 5.74) is 4.74. The van der Waals surface area contributed by atoms with Crippen molar-refractivity contribution in [2.75, 3.05) is 53.5 Å². The third-order valence-corrected chi connectivity index (χ3v) is 18.8. The normalized spacial score (nSPS) is 20.5. The second-order valence-corrected chi connectivity index (χ2v) is 28.6. The van der Waals surface area contributed by atoms with E-state index < -0.39 is 42.3 Å². The topological polar surface area (TPSA) is 284 Å². The van der Waals surface area contributed by atoms with Crippen LogP contribution in [0.25, 0.3) is 0 Å². The minimum absolute atomic E-state index is 0.00662. The first-order valence-electron chi connectivity index (χ1n) is 36.4. The minimum atomic E-state index is -0.618. The summed E-state index contributed by atoms with van der Waals surface area (Å²) in [7, 11) is 2.97. The number of piperazine rings is 4. The Hall–Kier alpha value is -10.3. The number of aromatic nitrogens is 3. The maximum absolute atomic E-state index is 13.4. The SMILES string of the molecule is CC(C)CN1C(=O)C(C)NC(=O)C1c1ccccn1.COC(=O)CCCCC1C(=O)NC(Cc2ccccc2)C(=O)N1CCCN1CCCC1=O.COc1cccc(CN2C(=O)CNC(=O)C2CC(C)(C)C)c1.O=C1NC(Cc2ccccc2)C(=O)N(CCCn2ccnc2)C1CCc1ccccc1. The van der Waals surface area contributed by atoms with Crippen molar-refractivity contribution in [2.45, 2.75) is 180 Å². The highest BCUT2D eigenvalue weighted by atomic mass is 16.5. The van der Waals surface area contributed by atoms with Gasteiger partial charge in [0, 0.05) is 90.1 Å². The maximum atomic E-state index is 13.4. The fourth-order valence-electron chi connectivity index (χ4n) is 13.5. The zero-order valence-corrected chi connectivity index (χ0v) is 61.5. The lowest BCUT2D eigenvalue weighted by molar-refractivity contribution is -0.149. The molecular weight excluding hydrogens is 1320 g/mol. The van der Waals surface area contributed by atoms with Crippen molar-refractivity contribution >= 4 is 59.1 Å². The Morgan fingerprint density at radius 2 is 1.18 bits per heavy atom. The summed E-state index contributed by atoms with van der Waals surface area (Å²) in [6.45, 7) is 16.1. The molecule has 7 atom stereocenters. The molecule has 5 aliphatic rings. The molecule has 6 aromatic rings. The van der Waals surface area contributed by atoms with Crippen molar-refractivity contribution in [1.29, 1.82) is 0 Å². The zero-order chi connectivity index (χ0) is 74.7. The number of aryl methyl sites for hydroxylation is 2. The van der Waals surface area contributed by atoms with Crippen molar-refractivity contribution < 1.29 is 57.4 Å². The fourth-order valence-corrected chi connectivity index (χ4v) is 13.5. The smallest absolute Gasteiger partial charge is 0.305 e. The predicted octanol–water partition coefficient (Wildman–Crippen LogP) is 7.60. The van der Waals surface area contributed by atoms with Crippen LogP contribution in [0.2, 0.25) is 0 Å². The molecule has 4 aromatic carbocycles. The summed E-state index contributed by atoms with van der Waals surface area (Å²) in [5.74, 6) is 0.320. The van der Waals surface area contributed by atoms with Crippen molar-refractivity contribution in [3.63, 3.8) is 0 Å². The van der Waals surface area contributed by atoms with E-state index in [0.29, 0.717) is 109 Å². The molecular formula is C80H104N12O12. The number of hydrogen-bond acceptors (Lipinski definition) is 14. The van der Waals surface area contributed by atoms with Gasteiger partial charge in [-0.2, -0.15) is 0 Å². The molecule has 11 rings (SSSR count). The molecule has 9 amide bonds. The number of nitrogens with one attached hydrogen (secondary N) is 4. The van der Waals surface area contributed by atoms with Crippen molar-refractivity contribution in [2.24, 2.45) is 11.3 Å². The first-order valence-corrected chi connectivity index (χ1v) is 36.4. The molecule has 0 saturated carbocycles. The third kappa shape index (κ3) is 23.6. The lowest BCUT2D eigenvalue weighted by Crippen LogP contribution is -2.64. The second kappa shape index (κ2) is 39.4. The third-order valence-electron chi connectivity index (χ3n) is 18.8. The number of methoxy groups -OCH3 is 2. The Morgan fingerprint density at radius 3 is 1.73 bits per heavy atom. The number of carbonyl (C=O) groups is 10. The lowest BCUT2D eigenvalue weighted by atomic mass is 9.86. The van der Waals surface area contributed by atoms with E-state index in [1.165, 1.54) is 12.7 Å². The first kappa shape index (κ1) is 79.4. The van der Waals surface area contributed by atoms with E-state index in [2.05, 4.69) is 68.9 Å². The van der Waals surface area contributed by atoms with Crippen LogP contribution in [0.1, 0.15) is 140 Å². The van der Waals surface area contributed by atoms with Crippen LogP contribution in [0.5, 0.6) is 5.75 Å². The largest absolute Gasteiger partial charge is 0.497 e. The van der Waals surface area contributed by atoms with E-state index >= 15 is 0 Å². The van der Waals surface area contributed by atoms with Gasteiger partial charge in [-0.3, -0.25) is 52.9 Å². The van der Waals surface area contributed by atoms with Gasteiger partial charge in [-0.05, 0) is 116 Å². The zero-order valence-electron chi connectivity index (χ0n) is 61.5. The van der Waals surface area contributed by atoms with Crippen LogP contribution >= 0.6 is 0 Å². The van der Waals surface area contributed by atoms with Crippen molar-refractivity contribution in [3.05, 3.63) is 186 Å². The van der Waals surface area contributed by atoms with Gasteiger partial charge in [0.1, 0.15) is 42.0 Å². The molecule has 104 heavy (non-hydrogen) atoms. The number of pyridine rings is 1. The molecule has 4 N–H and O–H groups in total. The van der Waals surface area contributed by atoms with Crippen LogP contribution in [0.15, 0.2) is 158 Å². The molecule has 7 heterocycles. The number of nitrogens with zero attached hydrogens (tertiary/aromatic N) is 8. The number of rotatable bonds is 27. The predicted molar refractivity (Wildman–Crippen MR) is 393 cm³/mol. The quantitative estimate of drug-likeness (QED) is 0.0285. The molecule has 24 heteroatoms. The van der Waals surface area contributed by atoms with Gasteiger partial charge in [0.05, 0.1) is 32.8 Å². The van der Waals surface area contributed by atoms with Gasteiger partial charge < -0.3 is 59.8 Å². The van der Waals surface area contributed by atoms with E-state index in [-0.39, 0.29) is 71.1 Å². The highest BCUT2D eigenvalue weighted by Gasteiger charge is 2.43. The number of amides is 9. The van der Waals surface area contributed by atoms with E-state index in [1.807, 2.05) is 139 Å². The van der Waals surface area contributed by atoms with Gasteiger partial charge in [-0.15, -0.1) is 0 Å². The van der Waals surface area contributed by atoms with Crippen LogP contribution < -0.4 is 26.0 Å². The maximum Gasteiger partial charge on any atom is 0.305 e. The van der Waals surface area contributed by atoms with Gasteiger partial charge >= 0.3 is 5.97 Å². The van der Waals surface area contributed by atoms with Crippen molar-refractivity contribution in [1.82, 2.24) is 60.3 Å². The fraction of sp³-hybridized carbons (Fsp3) is 0.475. The number of benzene rings is 4. The van der Waals surface area contributed by atoms with Crippen LogP contribution in [-0.2, 0) is 85.0 Å². The van der Waals surface area contributed by atoms with Gasteiger partial charge in [-0.25, -0.2) is 4.98 Å². The van der Waals surface area contributed by atoms with Gasteiger partial charge in [0.2, 0.25) is 53.2 Å². The molecule has 24 nitrogen and oxygen atoms in total. The number of likely N-dealkylation sites (tertiary alicyclic amines) is 1. The summed E-state index contributed by atoms with van der Waals surface area (Å²) in [5, 5.41) is 11.3. The summed E-state index contributed by atoms with van der Waals surface area (Å²) in [4.78, 5) is 142. The lowest BCUT2D eigenvalue weighted by Gasteiger charge is -2.39. The number of imidazole rings is 1. The van der Waals surface area contributed by atoms with E-state index in [0.717, 1.165) is 54.8 Å². The van der Waals surface area contributed by atoms with Gasteiger partial charge in [0.15, 0.2) is 6.04 Å². The summed E-state index contributed by atoms with van der Waals surface area (Å²) in [6.07, 6.45) is 15.0. The Bertz CT molecular complexity index is 3780. The van der Waals surface area contributed by atoms with Crippen LogP contribution in [-0.4, -0.2) is 188 Å². The molecule has 0 aliphatic carbocycles. The number of unbranched alkanes of at least 4 members (excludes halogenated alkanes) is 1. The molecule has 5 aliphatic heterocycles. The highest BCUT2D eigenvalue weighted by molar-refractivity contribution is 5.99. The second-order valence-electron chi connectivity index (χ2n) is 28.6. The molecule has 2 aromatic heterocycles. The number of ether oxygens (including phenoxy) is 2. The molecule has 7 unspecified atom stereocenters. The van der Waals surface area contributed by atoms with Crippen LogP contribution in [0.4, 0.5) is 0 Å². The van der Waals surface area contributed by atoms with Crippen molar-refractivity contribution in [3.8, 4) is 5.75 Å². The molecule has 5 fully saturated rings. The number of hydrogen-bond donors (Lipinski definition) is 4. The Labute approximate surface area is 611 Å². The Balaban J connectivity index is 0.000000179. The molecule has 556 valence electrons. The average Bonchev–Trinajstić information content (AvgIpc) is 0.873. The molecule has 0 bridgehead atoms. The molecule has 0 spiro atoms. The minimum Gasteiger partial charge on any atom is -0.497 e. The summed E-state index contributed by atoms with van der Waals surface area (Å²) >= 11 is 0. The molecule has 5 saturated heterocycles. The van der Waals surface area contributed by atoms with E-state index in [4.69, 9.17) is 4.74 Å². The number of esters is 1. The summed E-state index contributed by atoms with van der Waals surface area (Å²) < 4.78 is 11.9.